The molecule has 0 bridgehead atoms. The average molecular weight is 527 g/mol. The van der Waals surface area contributed by atoms with E-state index in [4.69, 9.17) is 9.47 Å². The second-order valence-electron chi connectivity index (χ2n) is 9.82. The Bertz CT molecular complexity index is 1570. The van der Waals surface area contributed by atoms with Gasteiger partial charge in [-0.1, -0.05) is 84.9 Å². The number of nitrogens with zero attached hydrogens (tertiary/aromatic N) is 2. The van der Waals surface area contributed by atoms with Crippen LogP contribution in [0.15, 0.2) is 128 Å². The molecule has 1 atom stereocenters. The molecule has 2 heterocycles. The van der Waals surface area contributed by atoms with Crippen LogP contribution in [0.2, 0.25) is 0 Å². The number of fused-ring (bicyclic) bond motifs is 1. The van der Waals surface area contributed by atoms with Gasteiger partial charge in [-0.2, -0.15) is 0 Å². The van der Waals surface area contributed by atoms with Gasteiger partial charge in [0.2, 0.25) is 0 Å². The standard InChI is InChI=1S/C35H30N2O3/c38-35(37-32-17-8-7-15-28(32)18-21-33(37)31-16-9-10-22-36-31)30-20-19-29(39-24-26-11-3-1-4-12-26)23-34(30)40-25-27-13-5-2-6-14-27/h1-17,19-20,22-23,33H,18,21,24-25H2. The maximum Gasteiger partial charge on any atom is 0.262 e. The zero-order valence-corrected chi connectivity index (χ0v) is 22.1. The second-order valence-corrected chi connectivity index (χ2v) is 9.82. The summed E-state index contributed by atoms with van der Waals surface area (Å²) >= 11 is 0. The van der Waals surface area contributed by atoms with Gasteiger partial charge in [0.15, 0.2) is 0 Å². The van der Waals surface area contributed by atoms with Gasteiger partial charge in [0.05, 0.1) is 17.3 Å². The molecular formula is C35H30N2O3. The van der Waals surface area contributed by atoms with Crippen molar-refractivity contribution in [2.75, 3.05) is 4.90 Å². The van der Waals surface area contributed by atoms with Gasteiger partial charge in [0, 0.05) is 18.0 Å². The van der Waals surface area contributed by atoms with E-state index < -0.39 is 0 Å². The van der Waals surface area contributed by atoms with Gasteiger partial charge in [-0.05, 0) is 59.9 Å². The number of para-hydroxylation sites is 1. The number of pyridine rings is 1. The van der Waals surface area contributed by atoms with Crippen molar-refractivity contribution in [2.45, 2.75) is 32.1 Å². The maximum atomic E-state index is 14.4. The summed E-state index contributed by atoms with van der Waals surface area (Å²) in [5.74, 6) is 1.01. The summed E-state index contributed by atoms with van der Waals surface area (Å²) in [4.78, 5) is 21.0. The number of hydrogen-bond acceptors (Lipinski definition) is 4. The molecule has 1 unspecified atom stereocenters. The Hall–Kier alpha value is -4.90. The lowest BCUT2D eigenvalue weighted by atomic mass is 9.92. The third-order valence-corrected chi connectivity index (χ3v) is 7.17. The van der Waals surface area contributed by atoms with Gasteiger partial charge in [0.1, 0.15) is 24.7 Å². The Kier molecular flexibility index (Phi) is 7.53. The number of carbonyl (C=O) groups excluding carboxylic acids is 1. The van der Waals surface area contributed by atoms with E-state index in [9.17, 15) is 4.79 Å². The largest absolute Gasteiger partial charge is 0.489 e. The summed E-state index contributed by atoms with van der Waals surface area (Å²) < 4.78 is 12.4. The normalized spacial score (nSPS) is 14.3. The molecule has 0 spiro atoms. The number of anilines is 1. The topological polar surface area (TPSA) is 51.7 Å². The quantitative estimate of drug-likeness (QED) is 0.209. The molecule has 0 fully saturated rings. The van der Waals surface area contributed by atoms with Gasteiger partial charge < -0.3 is 9.47 Å². The number of benzene rings is 4. The summed E-state index contributed by atoms with van der Waals surface area (Å²) in [7, 11) is 0. The highest BCUT2D eigenvalue weighted by molar-refractivity contribution is 6.09. The number of carbonyl (C=O) groups is 1. The first-order valence-corrected chi connectivity index (χ1v) is 13.6. The van der Waals surface area contributed by atoms with Crippen LogP contribution in [0.3, 0.4) is 0 Å². The van der Waals surface area contributed by atoms with E-state index in [2.05, 4.69) is 11.1 Å². The van der Waals surface area contributed by atoms with Crippen LogP contribution in [0.4, 0.5) is 5.69 Å². The summed E-state index contributed by atoms with van der Waals surface area (Å²) in [6.45, 7) is 0.761. The summed E-state index contributed by atoms with van der Waals surface area (Å²) in [6.07, 6.45) is 3.45. The van der Waals surface area contributed by atoms with Crippen molar-refractivity contribution in [1.29, 1.82) is 0 Å². The molecule has 198 valence electrons. The minimum Gasteiger partial charge on any atom is -0.489 e. The lowest BCUT2D eigenvalue weighted by Crippen LogP contribution is -2.39. The van der Waals surface area contributed by atoms with E-state index in [1.165, 1.54) is 0 Å². The Morgan fingerprint density at radius 1 is 0.750 bits per heavy atom. The summed E-state index contributed by atoms with van der Waals surface area (Å²) in [5.41, 5.74) is 5.51. The zero-order chi connectivity index (χ0) is 27.1. The third-order valence-electron chi connectivity index (χ3n) is 7.17. The first kappa shape index (κ1) is 25.4. The zero-order valence-electron chi connectivity index (χ0n) is 22.1. The Balaban J connectivity index is 1.36. The highest BCUT2D eigenvalue weighted by atomic mass is 16.5. The van der Waals surface area contributed by atoms with E-state index >= 15 is 0 Å². The van der Waals surface area contributed by atoms with E-state index in [1.54, 1.807) is 6.20 Å². The third kappa shape index (κ3) is 5.59. The highest BCUT2D eigenvalue weighted by Crippen LogP contribution is 2.40. The first-order chi connectivity index (χ1) is 19.8. The molecule has 0 aliphatic carbocycles. The van der Waals surface area contributed by atoms with Crippen molar-refractivity contribution in [3.63, 3.8) is 0 Å². The lowest BCUT2D eigenvalue weighted by molar-refractivity contribution is 0.0967. The fourth-order valence-corrected chi connectivity index (χ4v) is 5.15. The molecule has 4 aromatic carbocycles. The average Bonchev–Trinajstić information content (AvgIpc) is 3.03. The van der Waals surface area contributed by atoms with Crippen molar-refractivity contribution in [1.82, 2.24) is 4.98 Å². The van der Waals surface area contributed by atoms with Crippen LogP contribution < -0.4 is 14.4 Å². The number of aryl methyl sites for hydroxylation is 1. The number of ether oxygens (including phenoxy) is 2. The van der Waals surface area contributed by atoms with Gasteiger partial charge in [-0.3, -0.25) is 14.7 Å². The molecule has 0 saturated heterocycles. The van der Waals surface area contributed by atoms with E-state index in [0.29, 0.717) is 30.3 Å². The van der Waals surface area contributed by atoms with Crippen molar-refractivity contribution in [3.05, 3.63) is 155 Å². The van der Waals surface area contributed by atoms with Crippen LogP contribution in [0.1, 0.15) is 45.2 Å². The number of hydrogen-bond donors (Lipinski definition) is 0. The van der Waals surface area contributed by atoms with Crippen molar-refractivity contribution < 1.29 is 14.3 Å². The van der Waals surface area contributed by atoms with E-state index in [1.807, 2.05) is 120 Å². The Morgan fingerprint density at radius 3 is 2.15 bits per heavy atom. The van der Waals surface area contributed by atoms with Crippen LogP contribution in [0, 0.1) is 0 Å². The molecule has 5 nitrogen and oxygen atoms in total. The lowest BCUT2D eigenvalue weighted by Gasteiger charge is -2.37. The van der Waals surface area contributed by atoms with E-state index in [-0.39, 0.29) is 11.9 Å². The molecule has 40 heavy (non-hydrogen) atoms. The molecular weight excluding hydrogens is 496 g/mol. The summed E-state index contributed by atoms with van der Waals surface area (Å²) in [5, 5.41) is 0. The SMILES string of the molecule is O=C(c1ccc(OCc2ccccc2)cc1OCc1ccccc1)N1c2ccccc2CCC1c1ccccn1. The van der Waals surface area contributed by atoms with Crippen LogP contribution in [-0.4, -0.2) is 10.9 Å². The second kappa shape index (κ2) is 11.9. The minimum absolute atomic E-state index is 0.125. The molecule has 0 radical (unpaired) electrons. The number of amides is 1. The fraction of sp³-hybridized carbons (Fsp3) is 0.143. The van der Waals surface area contributed by atoms with Crippen LogP contribution >= 0.6 is 0 Å². The van der Waals surface area contributed by atoms with Crippen molar-refractivity contribution in [3.8, 4) is 11.5 Å². The first-order valence-electron chi connectivity index (χ1n) is 13.6. The number of aromatic nitrogens is 1. The monoisotopic (exact) mass is 526 g/mol. The Labute approximate surface area is 234 Å². The molecule has 0 saturated carbocycles. The van der Waals surface area contributed by atoms with Gasteiger partial charge in [-0.15, -0.1) is 0 Å². The Morgan fingerprint density at radius 2 is 1.43 bits per heavy atom. The molecule has 5 aromatic rings. The summed E-state index contributed by atoms with van der Waals surface area (Å²) in [6, 6.07) is 39.2. The van der Waals surface area contributed by atoms with Crippen molar-refractivity contribution in [2.24, 2.45) is 0 Å². The van der Waals surface area contributed by atoms with E-state index in [0.717, 1.165) is 40.9 Å². The predicted molar refractivity (Wildman–Crippen MR) is 157 cm³/mol. The van der Waals surface area contributed by atoms with Crippen LogP contribution in [0.25, 0.3) is 0 Å². The predicted octanol–water partition coefficient (Wildman–Crippen LogP) is 7.57. The minimum atomic E-state index is -0.181. The maximum absolute atomic E-state index is 14.4. The molecule has 5 heteroatoms. The van der Waals surface area contributed by atoms with Gasteiger partial charge in [-0.25, -0.2) is 0 Å². The molecule has 1 aromatic heterocycles. The van der Waals surface area contributed by atoms with Gasteiger partial charge >= 0.3 is 0 Å². The van der Waals surface area contributed by atoms with Crippen LogP contribution in [-0.2, 0) is 19.6 Å². The molecule has 0 N–H and O–H groups in total. The molecule has 1 amide bonds. The smallest absolute Gasteiger partial charge is 0.262 e. The molecule has 1 aliphatic heterocycles. The molecule has 1 aliphatic rings. The highest BCUT2D eigenvalue weighted by Gasteiger charge is 2.34. The van der Waals surface area contributed by atoms with Gasteiger partial charge in [0.25, 0.3) is 5.91 Å². The van der Waals surface area contributed by atoms with Crippen molar-refractivity contribution >= 4 is 11.6 Å². The number of rotatable bonds is 8. The van der Waals surface area contributed by atoms with Crippen LogP contribution in [0.5, 0.6) is 11.5 Å². The fourth-order valence-electron chi connectivity index (χ4n) is 5.15. The molecule has 6 rings (SSSR count).